The molecule has 1 amide bonds. The lowest BCUT2D eigenvalue weighted by molar-refractivity contribution is -0.133. The van der Waals surface area contributed by atoms with Gasteiger partial charge in [0.1, 0.15) is 6.10 Å². The first-order valence-corrected chi connectivity index (χ1v) is 10.7. The first kappa shape index (κ1) is 20.1. The Morgan fingerprint density at radius 1 is 1.14 bits per heavy atom. The van der Waals surface area contributed by atoms with Crippen molar-refractivity contribution in [2.45, 2.75) is 30.3 Å². The molecule has 0 spiro atoms. The van der Waals surface area contributed by atoms with E-state index in [-0.39, 0.29) is 29.1 Å². The lowest BCUT2D eigenvalue weighted by Crippen LogP contribution is -2.44. The van der Waals surface area contributed by atoms with Gasteiger partial charge in [-0.1, -0.05) is 18.2 Å². The second kappa shape index (κ2) is 9.01. The Morgan fingerprint density at radius 2 is 1.86 bits per heavy atom. The quantitative estimate of drug-likeness (QED) is 0.692. The molecule has 3 rings (SSSR count). The predicted octanol–water partition coefficient (Wildman–Crippen LogP) is 1.72. The van der Waals surface area contributed by atoms with Crippen molar-refractivity contribution in [3.8, 4) is 11.8 Å². The molecule has 0 N–H and O–H groups in total. The molecule has 1 aliphatic heterocycles. The van der Waals surface area contributed by atoms with E-state index in [1.807, 2.05) is 0 Å². The van der Waals surface area contributed by atoms with Crippen molar-refractivity contribution in [1.82, 2.24) is 15.1 Å². The van der Waals surface area contributed by atoms with Crippen molar-refractivity contribution in [1.29, 1.82) is 0 Å². The smallest absolute Gasteiger partial charge is 0.233 e. The maximum atomic E-state index is 12.5. The number of sulfone groups is 1. The number of carbonyl (C=O) groups excluding carboxylic acids is 1. The van der Waals surface area contributed by atoms with Crippen LogP contribution in [0.15, 0.2) is 47.4 Å². The molecule has 1 atom stereocenters. The van der Waals surface area contributed by atoms with Crippen LogP contribution >= 0.6 is 0 Å². The van der Waals surface area contributed by atoms with Gasteiger partial charge in [-0.3, -0.25) is 4.79 Å². The van der Waals surface area contributed by atoms with Crippen molar-refractivity contribution in [2.75, 3.05) is 26.0 Å². The van der Waals surface area contributed by atoms with Gasteiger partial charge in [0.05, 0.1) is 24.3 Å². The standard InChI is InChI=1S/C19H23N3O5S/c1-26-17-9-10-18(21-20-17)27-15-6-5-12-22(14-15)19(23)11-13-28(24,25)16-7-3-2-4-8-16/h2-4,7-10,15H,5-6,11-14H2,1H3. The minimum Gasteiger partial charge on any atom is -0.480 e. The maximum Gasteiger partial charge on any atom is 0.233 e. The summed E-state index contributed by atoms with van der Waals surface area (Å²) >= 11 is 0. The Morgan fingerprint density at radius 3 is 2.54 bits per heavy atom. The number of methoxy groups -OCH3 is 1. The highest BCUT2D eigenvalue weighted by Gasteiger charge is 2.26. The van der Waals surface area contributed by atoms with Crippen LogP contribution in [0.3, 0.4) is 0 Å². The highest BCUT2D eigenvalue weighted by molar-refractivity contribution is 7.91. The van der Waals surface area contributed by atoms with Crippen LogP contribution in [-0.4, -0.2) is 61.5 Å². The van der Waals surface area contributed by atoms with Crippen molar-refractivity contribution in [3.63, 3.8) is 0 Å². The predicted molar refractivity (Wildman–Crippen MR) is 102 cm³/mol. The summed E-state index contributed by atoms with van der Waals surface area (Å²) < 4.78 is 35.5. The molecule has 150 valence electrons. The van der Waals surface area contributed by atoms with Gasteiger partial charge in [-0.25, -0.2) is 8.42 Å². The average Bonchev–Trinajstić information content (AvgIpc) is 2.73. The second-order valence-electron chi connectivity index (χ2n) is 6.52. The SMILES string of the molecule is COc1ccc(OC2CCCN(C(=O)CCS(=O)(=O)c3ccccc3)C2)nn1. The molecule has 1 aliphatic rings. The van der Waals surface area contributed by atoms with E-state index in [2.05, 4.69) is 10.2 Å². The Kier molecular flexibility index (Phi) is 6.45. The van der Waals surface area contributed by atoms with Crippen molar-refractivity contribution >= 4 is 15.7 Å². The van der Waals surface area contributed by atoms with Gasteiger partial charge in [0.2, 0.25) is 17.7 Å². The molecule has 8 nitrogen and oxygen atoms in total. The number of hydrogen-bond acceptors (Lipinski definition) is 7. The summed E-state index contributed by atoms with van der Waals surface area (Å²) in [5, 5.41) is 7.79. The zero-order chi connectivity index (χ0) is 20.0. The zero-order valence-corrected chi connectivity index (χ0v) is 16.5. The highest BCUT2D eigenvalue weighted by Crippen LogP contribution is 2.19. The van der Waals surface area contributed by atoms with Gasteiger partial charge in [-0.15, -0.1) is 10.2 Å². The molecule has 0 bridgehead atoms. The third-order valence-corrected chi connectivity index (χ3v) is 6.26. The van der Waals surface area contributed by atoms with Crippen molar-refractivity contribution < 1.29 is 22.7 Å². The van der Waals surface area contributed by atoms with E-state index in [1.54, 1.807) is 47.4 Å². The monoisotopic (exact) mass is 405 g/mol. The number of likely N-dealkylation sites (tertiary alicyclic amines) is 1. The molecule has 0 radical (unpaired) electrons. The molecular formula is C19H23N3O5S. The average molecular weight is 405 g/mol. The normalized spacial score (nSPS) is 17.2. The summed E-state index contributed by atoms with van der Waals surface area (Å²) in [6.45, 7) is 0.996. The maximum absolute atomic E-state index is 12.5. The van der Waals surface area contributed by atoms with Crippen molar-refractivity contribution in [2.24, 2.45) is 0 Å². The summed E-state index contributed by atoms with van der Waals surface area (Å²) in [6, 6.07) is 11.5. The minimum atomic E-state index is -3.47. The number of rotatable bonds is 7. The number of nitrogens with zero attached hydrogens (tertiary/aromatic N) is 3. The summed E-state index contributed by atoms with van der Waals surface area (Å²) in [6.07, 6.45) is 1.32. The third-order valence-electron chi connectivity index (χ3n) is 4.53. The molecular weight excluding hydrogens is 382 g/mol. The van der Waals surface area contributed by atoms with Gasteiger partial charge in [0.25, 0.3) is 0 Å². The number of amides is 1. The van der Waals surface area contributed by atoms with Gasteiger partial charge in [-0.05, 0) is 25.0 Å². The van der Waals surface area contributed by atoms with Crippen LogP contribution in [-0.2, 0) is 14.6 Å². The molecule has 0 saturated carbocycles. The Labute approximate surface area is 164 Å². The molecule has 1 unspecified atom stereocenters. The number of benzene rings is 1. The summed E-state index contributed by atoms with van der Waals surface area (Å²) in [4.78, 5) is 14.4. The number of ether oxygens (including phenoxy) is 2. The van der Waals surface area contributed by atoms with E-state index < -0.39 is 9.84 Å². The summed E-state index contributed by atoms with van der Waals surface area (Å²) in [5.41, 5.74) is 0. The molecule has 1 fully saturated rings. The topological polar surface area (TPSA) is 98.7 Å². The number of carbonyl (C=O) groups is 1. The first-order chi connectivity index (χ1) is 13.5. The van der Waals surface area contributed by atoms with Crippen LogP contribution in [0.4, 0.5) is 0 Å². The van der Waals surface area contributed by atoms with Crippen LogP contribution < -0.4 is 9.47 Å². The molecule has 2 aromatic rings. The second-order valence-corrected chi connectivity index (χ2v) is 8.63. The number of aromatic nitrogens is 2. The molecule has 1 aromatic heterocycles. The Hall–Kier alpha value is -2.68. The fraction of sp³-hybridized carbons (Fsp3) is 0.421. The summed E-state index contributed by atoms with van der Waals surface area (Å²) in [5.74, 6) is 0.370. The van der Waals surface area contributed by atoms with Gasteiger partial charge in [0.15, 0.2) is 9.84 Å². The lowest BCUT2D eigenvalue weighted by atomic mass is 10.1. The summed E-state index contributed by atoms with van der Waals surface area (Å²) in [7, 11) is -1.96. The third kappa shape index (κ3) is 5.19. The highest BCUT2D eigenvalue weighted by atomic mass is 32.2. The van der Waals surface area contributed by atoms with Crippen LogP contribution in [0.25, 0.3) is 0 Å². The van der Waals surface area contributed by atoms with E-state index >= 15 is 0 Å². The fourth-order valence-corrected chi connectivity index (χ4v) is 4.29. The number of hydrogen-bond donors (Lipinski definition) is 0. The Balaban J connectivity index is 1.53. The van der Waals surface area contributed by atoms with E-state index in [0.29, 0.717) is 24.8 Å². The van der Waals surface area contributed by atoms with Crippen LogP contribution in [0.2, 0.25) is 0 Å². The fourth-order valence-electron chi connectivity index (χ4n) is 3.04. The van der Waals surface area contributed by atoms with E-state index in [0.717, 1.165) is 12.8 Å². The van der Waals surface area contributed by atoms with Gasteiger partial charge in [0, 0.05) is 25.1 Å². The Bertz CT molecular complexity index is 888. The minimum absolute atomic E-state index is 0.0493. The molecule has 2 heterocycles. The van der Waals surface area contributed by atoms with E-state index in [1.165, 1.54) is 7.11 Å². The van der Waals surface area contributed by atoms with Gasteiger partial charge < -0.3 is 14.4 Å². The zero-order valence-electron chi connectivity index (χ0n) is 15.7. The number of piperidine rings is 1. The van der Waals surface area contributed by atoms with E-state index in [4.69, 9.17) is 9.47 Å². The first-order valence-electron chi connectivity index (χ1n) is 9.08. The van der Waals surface area contributed by atoms with Crippen LogP contribution in [0, 0.1) is 0 Å². The largest absolute Gasteiger partial charge is 0.480 e. The molecule has 28 heavy (non-hydrogen) atoms. The van der Waals surface area contributed by atoms with Gasteiger partial charge in [-0.2, -0.15) is 0 Å². The molecule has 9 heteroatoms. The van der Waals surface area contributed by atoms with Crippen LogP contribution in [0.1, 0.15) is 19.3 Å². The van der Waals surface area contributed by atoms with Crippen LogP contribution in [0.5, 0.6) is 11.8 Å². The van der Waals surface area contributed by atoms with Gasteiger partial charge >= 0.3 is 0 Å². The van der Waals surface area contributed by atoms with Crippen molar-refractivity contribution in [3.05, 3.63) is 42.5 Å². The lowest BCUT2D eigenvalue weighted by Gasteiger charge is -2.32. The molecule has 0 aliphatic carbocycles. The molecule has 1 aromatic carbocycles. The molecule has 1 saturated heterocycles. The van der Waals surface area contributed by atoms with E-state index in [9.17, 15) is 13.2 Å².